The van der Waals surface area contributed by atoms with Gasteiger partial charge < -0.3 is 10.5 Å². The molecule has 0 saturated carbocycles. The fraction of sp³-hybridized carbons (Fsp3) is 0.471. The van der Waals surface area contributed by atoms with Crippen LogP contribution in [0.3, 0.4) is 0 Å². The minimum absolute atomic E-state index is 0.110. The molecular formula is C17H25N3O6S. The van der Waals surface area contributed by atoms with Crippen LogP contribution in [0.2, 0.25) is 0 Å². The highest BCUT2D eigenvalue weighted by Gasteiger charge is 2.29. The fourth-order valence-electron chi connectivity index (χ4n) is 2.48. The van der Waals surface area contributed by atoms with Crippen LogP contribution < -0.4 is 15.8 Å². The molecule has 1 aromatic carbocycles. The Morgan fingerprint density at radius 2 is 1.52 bits per heavy atom. The number of benzene rings is 1. The van der Waals surface area contributed by atoms with E-state index in [4.69, 9.17) is 10.5 Å². The number of imide groups is 1. The lowest BCUT2D eigenvalue weighted by molar-refractivity contribution is -0.155. The highest BCUT2D eigenvalue weighted by molar-refractivity contribution is 7.89. The average molecular weight is 399 g/mol. The lowest BCUT2D eigenvalue weighted by atomic mass is 10.0. The molecule has 1 unspecified atom stereocenters. The van der Waals surface area contributed by atoms with E-state index in [2.05, 4.69) is 4.72 Å². The maximum absolute atomic E-state index is 12.8. The summed E-state index contributed by atoms with van der Waals surface area (Å²) in [5, 5.41) is 1.77. The lowest BCUT2D eigenvalue weighted by Crippen LogP contribution is -2.45. The number of urea groups is 1. The molecule has 1 aromatic rings. The maximum atomic E-state index is 12.8. The summed E-state index contributed by atoms with van der Waals surface area (Å²) < 4.78 is 32.7. The van der Waals surface area contributed by atoms with Crippen LogP contribution in [0.5, 0.6) is 0 Å². The highest BCUT2D eigenvalue weighted by atomic mass is 32.2. The van der Waals surface area contributed by atoms with Crippen molar-refractivity contribution in [1.82, 2.24) is 10.0 Å². The van der Waals surface area contributed by atoms with E-state index >= 15 is 0 Å². The van der Waals surface area contributed by atoms with Crippen LogP contribution in [0, 0.1) is 27.7 Å². The van der Waals surface area contributed by atoms with Gasteiger partial charge in [0.05, 0.1) is 4.90 Å². The zero-order valence-electron chi connectivity index (χ0n) is 16.2. The zero-order valence-corrected chi connectivity index (χ0v) is 17.0. The van der Waals surface area contributed by atoms with Crippen molar-refractivity contribution in [2.24, 2.45) is 5.73 Å². The first kappa shape index (κ1) is 22.6. The Bertz CT molecular complexity index is 853. The van der Waals surface area contributed by atoms with E-state index in [0.29, 0.717) is 11.1 Å². The molecule has 0 bridgehead atoms. The molecule has 0 saturated heterocycles. The number of rotatable bonds is 6. The molecule has 27 heavy (non-hydrogen) atoms. The molecule has 2 atom stereocenters. The van der Waals surface area contributed by atoms with Gasteiger partial charge in [-0.25, -0.2) is 13.2 Å². The smallest absolute Gasteiger partial charge is 0.324 e. The van der Waals surface area contributed by atoms with Gasteiger partial charge in [-0.2, -0.15) is 4.72 Å². The van der Waals surface area contributed by atoms with E-state index in [9.17, 15) is 22.8 Å². The summed E-state index contributed by atoms with van der Waals surface area (Å²) in [6.07, 6.45) is -1.32. The van der Waals surface area contributed by atoms with Gasteiger partial charge in [0, 0.05) is 0 Å². The van der Waals surface area contributed by atoms with E-state index in [1.807, 2.05) is 6.07 Å². The minimum Gasteiger partial charge on any atom is -0.451 e. The Labute approximate surface area is 158 Å². The first-order chi connectivity index (χ1) is 12.3. The van der Waals surface area contributed by atoms with Crippen molar-refractivity contribution in [3.63, 3.8) is 0 Å². The quantitative estimate of drug-likeness (QED) is 0.601. The molecular weight excluding hydrogens is 374 g/mol. The van der Waals surface area contributed by atoms with Gasteiger partial charge in [-0.15, -0.1) is 0 Å². The first-order valence-electron chi connectivity index (χ1n) is 8.18. The molecule has 0 aromatic heterocycles. The second-order valence-electron chi connectivity index (χ2n) is 6.37. The van der Waals surface area contributed by atoms with Crippen molar-refractivity contribution in [3.8, 4) is 0 Å². The normalized spacial score (nSPS) is 13.6. The van der Waals surface area contributed by atoms with Crippen molar-refractivity contribution in [3.05, 3.63) is 28.3 Å². The molecule has 4 N–H and O–H groups in total. The maximum Gasteiger partial charge on any atom is 0.324 e. The van der Waals surface area contributed by atoms with Crippen LogP contribution in [0.15, 0.2) is 11.0 Å². The van der Waals surface area contributed by atoms with Crippen LogP contribution in [0.4, 0.5) is 4.79 Å². The summed E-state index contributed by atoms with van der Waals surface area (Å²) in [4.78, 5) is 34.4. The summed E-state index contributed by atoms with van der Waals surface area (Å²) in [5.41, 5.74) is 7.61. The molecule has 0 spiro atoms. The van der Waals surface area contributed by atoms with Gasteiger partial charge in [0.2, 0.25) is 10.0 Å². The molecule has 0 aliphatic rings. The van der Waals surface area contributed by atoms with Crippen molar-refractivity contribution < 1.29 is 27.5 Å². The summed E-state index contributed by atoms with van der Waals surface area (Å²) >= 11 is 0. The molecule has 9 nitrogen and oxygen atoms in total. The predicted octanol–water partition coefficient (Wildman–Crippen LogP) is 0.714. The third kappa shape index (κ3) is 5.51. The second kappa shape index (κ2) is 8.49. The number of aryl methyl sites for hydroxylation is 2. The monoisotopic (exact) mass is 399 g/mol. The first-order valence-corrected chi connectivity index (χ1v) is 9.66. The summed E-state index contributed by atoms with van der Waals surface area (Å²) in [7, 11) is -4.01. The Balaban J connectivity index is 2.99. The molecule has 0 heterocycles. The van der Waals surface area contributed by atoms with E-state index in [1.165, 1.54) is 13.8 Å². The molecule has 0 fully saturated rings. The summed E-state index contributed by atoms with van der Waals surface area (Å²) in [6.45, 7) is 9.52. The molecule has 150 valence electrons. The van der Waals surface area contributed by atoms with Gasteiger partial charge in [-0.05, 0) is 63.8 Å². The predicted molar refractivity (Wildman–Crippen MR) is 98.5 cm³/mol. The van der Waals surface area contributed by atoms with E-state index < -0.39 is 40.1 Å². The van der Waals surface area contributed by atoms with Crippen molar-refractivity contribution in [1.29, 1.82) is 0 Å². The summed E-state index contributed by atoms with van der Waals surface area (Å²) in [6, 6.07) is -0.448. The molecule has 10 heteroatoms. The molecule has 1 rings (SSSR count). The van der Waals surface area contributed by atoms with Crippen molar-refractivity contribution >= 4 is 27.9 Å². The van der Waals surface area contributed by atoms with E-state index in [-0.39, 0.29) is 4.90 Å². The van der Waals surface area contributed by atoms with Gasteiger partial charge in [0.25, 0.3) is 5.91 Å². The number of sulfonamides is 1. The number of carbonyl (C=O) groups is 3. The molecule has 0 aliphatic carbocycles. The van der Waals surface area contributed by atoms with Crippen LogP contribution in [0.1, 0.15) is 36.1 Å². The number of nitrogens with one attached hydrogen (secondary N) is 2. The van der Waals surface area contributed by atoms with Crippen molar-refractivity contribution in [2.75, 3.05) is 0 Å². The van der Waals surface area contributed by atoms with E-state index in [0.717, 1.165) is 11.1 Å². The molecule has 0 radical (unpaired) electrons. The van der Waals surface area contributed by atoms with Crippen molar-refractivity contribution in [2.45, 2.75) is 58.6 Å². The van der Waals surface area contributed by atoms with Gasteiger partial charge in [0.15, 0.2) is 6.10 Å². The van der Waals surface area contributed by atoms with Crippen LogP contribution in [-0.2, 0) is 24.3 Å². The molecule has 0 aliphatic heterocycles. The fourth-order valence-corrected chi connectivity index (χ4v) is 4.28. The number of hydrogen-bond donors (Lipinski definition) is 3. The Morgan fingerprint density at radius 3 is 1.96 bits per heavy atom. The average Bonchev–Trinajstić information content (AvgIpc) is 2.51. The lowest BCUT2D eigenvalue weighted by Gasteiger charge is -2.20. The number of hydrogen-bond acceptors (Lipinski definition) is 6. The Kier molecular flexibility index (Phi) is 7.10. The second-order valence-corrected chi connectivity index (χ2v) is 8.02. The number of ether oxygens (including phenoxy) is 1. The third-order valence-corrected chi connectivity index (χ3v) is 5.97. The van der Waals surface area contributed by atoms with E-state index in [1.54, 1.807) is 33.0 Å². The number of nitrogens with two attached hydrogens (primary N) is 1. The highest BCUT2D eigenvalue weighted by Crippen LogP contribution is 2.26. The van der Waals surface area contributed by atoms with Gasteiger partial charge >= 0.3 is 12.0 Å². The zero-order chi connectivity index (χ0) is 21.1. The topological polar surface area (TPSA) is 145 Å². The molecule has 3 amide bonds. The number of esters is 1. The Morgan fingerprint density at radius 1 is 1.04 bits per heavy atom. The largest absolute Gasteiger partial charge is 0.451 e. The SMILES string of the molecule is Cc1cc(C)c(C)c(S(=O)(=O)N[C@H](C)C(=O)OC(C)C(=O)NC(N)=O)c1C. The van der Waals surface area contributed by atoms with Gasteiger partial charge in [-0.3, -0.25) is 14.9 Å². The third-order valence-electron chi connectivity index (χ3n) is 4.16. The van der Waals surface area contributed by atoms with Crippen LogP contribution in [0.25, 0.3) is 0 Å². The minimum atomic E-state index is -4.01. The standard InChI is InChI=1S/C17H25N3O6S/c1-8-7-9(2)11(4)14(10(8)3)27(24,25)20-12(5)16(22)26-13(6)15(21)19-17(18)23/h7,12-13,20H,1-6H3,(H3,18,19,21,23)/t12-,13?/m1/s1. The number of amides is 3. The Hall–Kier alpha value is -2.46. The number of carbonyl (C=O) groups excluding carboxylic acids is 3. The van der Waals surface area contributed by atoms with Gasteiger partial charge in [-0.1, -0.05) is 6.07 Å². The summed E-state index contributed by atoms with van der Waals surface area (Å²) in [5.74, 6) is -1.88. The van der Waals surface area contributed by atoms with Gasteiger partial charge in [0.1, 0.15) is 6.04 Å². The van der Waals surface area contributed by atoms with Crippen LogP contribution >= 0.6 is 0 Å². The number of primary amides is 1. The van der Waals surface area contributed by atoms with Crippen LogP contribution in [-0.4, -0.2) is 38.5 Å².